The molecule has 2 aromatic carbocycles. The Bertz CT molecular complexity index is 634. The van der Waals surface area contributed by atoms with Gasteiger partial charge >= 0.3 is 0 Å². The van der Waals surface area contributed by atoms with E-state index in [1.807, 2.05) is 6.92 Å². The largest absolute Gasteiger partial charge is 0.453 e. The highest BCUT2D eigenvalue weighted by molar-refractivity contribution is 9.10. The Morgan fingerprint density at radius 1 is 1.14 bits per heavy atom. The average molecular weight is 356 g/mol. The summed E-state index contributed by atoms with van der Waals surface area (Å²) < 4.78 is 32.9. The van der Waals surface area contributed by atoms with E-state index in [2.05, 4.69) is 15.9 Å². The Balaban J connectivity index is 2.17. The summed E-state index contributed by atoms with van der Waals surface area (Å²) in [4.78, 5) is 0. The smallest absolute Gasteiger partial charge is 0.165 e. The zero-order valence-electron chi connectivity index (χ0n) is 11.6. The van der Waals surface area contributed by atoms with Gasteiger partial charge in [0.05, 0.1) is 4.47 Å². The van der Waals surface area contributed by atoms with Crippen molar-refractivity contribution in [2.24, 2.45) is 5.73 Å². The molecule has 2 nitrogen and oxygen atoms in total. The zero-order chi connectivity index (χ0) is 15.4. The van der Waals surface area contributed by atoms with Gasteiger partial charge in [-0.3, -0.25) is 0 Å². The van der Waals surface area contributed by atoms with E-state index in [-0.39, 0.29) is 11.8 Å². The van der Waals surface area contributed by atoms with Crippen molar-refractivity contribution in [1.82, 2.24) is 0 Å². The van der Waals surface area contributed by atoms with Crippen LogP contribution in [0.5, 0.6) is 11.5 Å². The number of hydrogen-bond donors (Lipinski definition) is 1. The lowest BCUT2D eigenvalue weighted by Gasteiger charge is -2.12. The molecule has 112 valence electrons. The van der Waals surface area contributed by atoms with Crippen LogP contribution in [0, 0.1) is 11.6 Å². The first kappa shape index (κ1) is 15.9. The van der Waals surface area contributed by atoms with Crippen LogP contribution in [-0.2, 0) is 6.42 Å². The summed E-state index contributed by atoms with van der Waals surface area (Å²) >= 11 is 3.18. The van der Waals surface area contributed by atoms with Gasteiger partial charge < -0.3 is 10.5 Å². The Hall–Kier alpha value is -1.46. The lowest BCUT2D eigenvalue weighted by molar-refractivity contribution is 0.438. The predicted octanol–water partition coefficient (Wildman–Crippen LogP) is 4.80. The first-order valence-electron chi connectivity index (χ1n) is 6.66. The molecule has 0 bridgehead atoms. The van der Waals surface area contributed by atoms with E-state index in [0.29, 0.717) is 16.6 Å². The lowest BCUT2D eigenvalue weighted by atomic mass is 10.0. The molecule has 0 radical (unpaired) electrons. The second-order valence-corrected chi connectivity index (χ2v) is 5.67. The molecule has 0 heterocycles. The molecule has 0 saturated heterocycles. The van der Waals surface area contributed by atoms with Gasteiger partial charge in [-0.2, -0.15) is 0 Å². The summed E-state index contributed by atoms with van der Waals surface area (Å²) in [6.07, 6.45) is 1.45. The molecule has 5 heteroatoms. The summed E-state index contributed by atoms with van der Waals surface area (Å²) in [5.74, 6) is -0.407. The van der Waals surface area contributed by atoms with Gasteiger partial charge in [-0.15, -0.1) is 0 Å². The second kappa shape index (κ2) is 7.00. The van der Waals surface area contributed by atoms with E-state index < -0.39 is 11.6 Å². The van der Waals surface area contributed by atoms with E-state index in [1.54, 1.807) is 12.1 Å². The first-order chi connectivity index (χ1) is 9.99. The fraction of sp³-hybridized carbons (Fsp3) is 0.250. The second-order valence-electron chi connectivity index (χ2n) is 4.81. The van der Waals surface area contributed by atoms with Crippen LogP contribution in [0.1, 0.15) is 18.9 Å². The molecule has 0 aliphatic heterocycles. The number of halogens is 3. The van der Waals surface area contributed by atoms with Crippen molar-refractivity contribution in [2.45, 2.75) is 25.8 Å². The highest BCUT2D eigenvalue weighted by Crippen LogP contribution is 2.31. The summed E-state index contributed by atoms with van der Waals surface area (Å²) in [5, 5.41) is 0. The molecule has 1 unspecified atom stereocenters. The first-order valence-corrected chi connectivity index (χ1v) is 7.45. The molecule has 1 atom stereocenters. The van der Waals surface area contributed by atoms with Gasteiger partial charge in [0, 0.05) is 6.04 Å². The van der Waals surface area contributed by atoms with Crippen molar-refractivity contribution in [3.63, 3.8) is 0 Å². The Morgan fingerprint density at radius 3 is 2.48 bits per heavy atom. The van der Waals surface area contributed by atoms with Crippen LogP contribution in [-0.4, -0.2) is 6.04 Å². The van der Waals surface area contributed by atoms with Crippen molar-refractivity contribution in [1.29, 1.82) is 0 Å². The van der Waals surface area contributed by atoms with Gasteiger partial charge in [0.2, 0.25) is 0 Å². The van der Waals surface area contributed by atoms with Gasteiger partial charge in [0.25, 0.3) is 0 Å². The SMILES string of the molecule is CCC(N)Cc1ccc(Oc2ccc(F)cc2Br)c(F)c1. The fourth-order valence-corrected chi connectivity index (χ4v) is 2.31. The standard InChI is InChI=1S/C16H16BrF2NO/c1-2-12(20)7-10-3-5-16(14(19)8-10)21-15-6-4-11(18)9-13(15)17/h3-6,8-9,12H,2,7,20H2,1H3. The number of benzene rings is 2. The molecule has 0 aliphatic carbocycles. The van der Waals surface area contributed by atoms with Gasteiger partial charge in [0.15, 0.2) is 11.6 Å². The molecule has 0 amide bonds. The highest BCUT2D eigenvalue weighted by Gasteiger charge is 2.10. The Morgan fingerprint density at radius 2 is 1.86 bits per heavy atom. The molecule has 0 saturated carbocycles. The van der Waals surface area contributed by atoms with E-state index in [1.165, 1.54) is 24.3 Å². The molecule has 2 rings (SSSR count). The Labute approximate surface area is 131 Å². The van der Waals surface area contributed by atoms with Crippen LogP contribution in [0.15, 0.2) is 40.9 Å². The van der Waals surface area contributed by atoms with Crippen molar-refractivity contribution >= 4 is 15.9 Å². The normalized spacial score (nSPS) is 12.2. The molecule has 0 aliphatic rings. The summed E-state index contributed by atoms with van der Waals surface area (Å²) in [7, 11) is 0. The Kier molecular flexibility index (Phi) is 5.31. The van der Waals surface area contributed by atoms with Crippen molar-refractivity contribution in [3.05, 3.63) is 58.1 Å². The quantitative estimate of drug-likeness (QED) is 0.835. The number of nitrogens with two attached hydrogens (primary N) is 1. The highest BCUT2D eigenvalue weighted by atomic mass is 79.9. The third-order valence-electron chi connectivity index (χ3n) is 3.13. The number of ether oxygens (including phenoxy) is 1. The third-order valence-corrected chi connectivity index (χ3v) is 3.75. The molecule has 0 spiro atoms. The van der Waals surface area contributed by atoms with Crippen molar-refractivity contribution < 1.29 is 13.5 Å². The summed E-state index contributed by atoms with van der Waals surface area (Å²) in [5.41, 5.74) is 6.68. The molecule has 2 N–H and O–H groups in total. The molecule has 21 heavy (non-hydrogen) atoms. The molecule has 0 aromatic heterocycles. The predicted molar refractivity (Wildman–Crippen MR) is 82.5 cm³/mol. The maximum atomic E-state index is 14.0. The lowest BCUT2D eigenvalue weighted by Crippen LogP contribution is -2.21. The molecule has 0 fully saturated rings. The van der Waals surface area contributed by atoms with Crippen LogP contribution < -0.4 is 10.5 Å². The monoisotopic (exact) mass is 355 g/mol. The van der Waals surface area contributed by atoms with Crippen molar-refractivity contribution in [2.75, 3.05) is 0 Å². The fourth-order valence-electron chi connectivity index (χ4n) is 1.88. The third kappa shape index (κ3) is 4.25. The van der Waals surface area contributed by atoms with E-state index >= 15 is 0 Å². The zero-order valence-corrected chi connectivity index (χ0v) is 13.2. The molecular weight excluding hydrogens is 340 g/mol. The van der Waals surface area contributed by atoms with E-state index in [4.69, 9.17) is 10.5 Å². The molecular formula is C16H16BrF2NO. The maximum absolute atomic E-state index is 14.0. The summed E-state index contributed by atoms with van der Waals surface area (Å²) in [6.45, 7) is 1.99. The van der Waals surface area contributed by atoms with Crippen LogP contribution in [0.2, 0.25) is 0 Å². The van der Waals surface area contributed by atoms with Gasteiger partial charge in [-0.05, 0) is 64.7 Å². The van der Waals surface area contributed by atoms with E-state index in [0.717, 1.165) is 12.0 Å². The van der Waals surface area contributed by atoms with Crippen LogP contribution in [0.4, 0.5) is 8.78 Å². The topological polar surface area (TPSA) is 35.2 Å². The number of hydrogen-bond acceptors (Lipinski definition) is 2. The molecule has 2 aromatic rings. The van der Waals surface area contributed by atoms with Gasteiger partial charge in [-0.25, -0.2) is 8.78 Å². The summed E-state index contributed by atoms with van der Waals surface area (Å²) in [6, 6.07) is 8.74. The van der Waals surface area contributed by atoms with Crippen molar-refractivity contribution in [3.8, 4) is 11.5 Å². The minimum atomic E-state index is -0.466. The van der Waals surface area contributed by atoms with E-state index in [9.17, 15) is 8.78 Å². The average Bonchev–Trinajstić information content (AvgIpc) is 2.44. The minimum Gasteiger partial charge on any atom is -0.453 e. The maximum Gasteiger partial charge on any atom is 0.165 e. The minimum absolute atomic E-state index is 0.0161. The van der Waals surface area contributed by atoms with Gasteiger partial charge in [-0.1, -0.05) is 13.0 Å². The van der Waals surface area contributed by atoms with Crippen LogP contribution in [0.3, 0.4) is 0 Å². The van der Waals surface area contributed by atoms with Gasteiger partial charge in [0.1, 0.15) is 11.6 Å². The number of rotatable bonds is 5. The van der Waals surface area contributed by atoms with Crippen LogP contribution >= 0.6 is 15.9 Å². The van der Waals surface area contributed by atoms with Crippen LogP contribution in [0.25, 0.3) is 0 Å².